The van der Waals surface area contributed by atoms with Crippen molar-refractivity contribution in [3.63, 3.8) is 0 Å². The van der Waals surface area contributed by atoms with Gasteiger partial charge in [0.2, 0.25) is 5.91 Å². The number of fused-ring (bicyclic) bond motifs is 1. The maximum absolute atomic E-state index is 13.5. The van der Waals surface area contributed by atoms with Gasteiger partial charge in [-0.25, -0.2) is 4.79 Å². The van der Waals surface area contributed by atoms with Gasteiger partial charge in [0.05, 0.1) is 0 Å². The molecule has 0 fully saturated rings. The summed E-state index contributed by atoms with van der Waals surface area (Å²) in [6, 6.07) is 22.6. The third kappa shape index (κ3) is 4.77. The molecule has 0 aromatic heterocycles. The highest BCUT2D eigenvalue weighted by Crippen LogP contribution is 2.28. The van der Waals surface area contributed by atoms with Crippen molar-refractivity contribution in [1.29, 1.82) is 0 Å². The van der Waals surface area contributed by atoms with Crippen LogP contribution in [0.2, 0.25) is 0 Å². The Labute approximate surface area is 183 Å². The number of rotatable bonds is 5. The zero-order chi connectivity index (χ0) is 21.8. The first kappa shape index (κ1) is 20.7. The van der Waals surface area contributed by atoms with Crippen LogP contribution >= 0.6 is 0 Å². The van der Waals surface area contributed by atoms with Crippen LogP contribution in [-0.4, -0.2) is 24.5 Å². The summed E-state index contributed by atoms with van der Waals surface area (Å²) in [7, 11) is 0. The number of aryl methyl sites for hydroxylation is 2. The maximum atomic E-state index is 13.5. The van der Waals surface area contributed by atoms with Crippen molar-refractivity contribution in [2.75, 3.05) is 16.8 Å². The molecule has 0 radical (unpaired) electrons. The summed E-state index contributed by atoms with van der Waals surface area (Å²) in [4.78, 5) is 28.1. The molecule has 3 amide bonds. The number of nitrogens with one attached hydrogen (secondary N) is 2. The fraction of sp³-hybridized carbons (Fsp3) is 0.231. The zero-order valence-electron chi connectivity index (χ0n) is 17.9. The van der Waals surface area contributed by atoms with Crippen LogP contribution in [0.1, 0.15) is 22.3 Å². The molecule has 1 aliphatic heterocycles. The van der Waals surface area contributed by atoms with Gasteiger partial charge in [-0.05, 0) is 54.7 Å². The molecule has 1 heterocycles. The number of amides is 3. The molecule has 0 spiro atoms. The number of para-hydroxylation sites is 1. The summed E-state index contributed by atoms with van der Waals surface area (Å²) < 4.78 is 0. The van der Waals surface area contributed by atoms with Gasteiger partial charge in [-0.15, -0.1) is 0 Å². The topological polar surface area (TPSA) is 61.4 Å². The van der Waals surface area contributed by atoms with E-state index in [9.17, 15) is 9.59 Å². The predicted octanol–water partition coefficient (Wildman–Crippen LogP) is 4.63. The molecule has 31 heavy (non-hydrogen) atoms. The van der Waals surface area contributed by atoms with Crippen molar-refractivity contribution in [3.8, 4) is 0 Å². The lowest BCUT2D eigenvalue weighted by molar-refractivity contribution is -0.120. The van der Waals surface area contributed by atoms with Gasteiger partial charge in [-0.3, -0.25) is 4.79 Å². The summed E-state index contributed by atoms with van der Waals surface area (Å²) in [6.45, 7) is 4.56. The maximum Gasteiger partial charge on any atom is 0.319 e. The molecule has 0 saturated carbocycles. The molecule has 5 nitrogen and oxygen atoms in total. The van der Waals surface area contributed by atoms with Crippen LogP contribution < -0.4 is 15.5 Å². The highest BCUT2D eigenvalue weighted by atomic mass is 16.2. The minimum absolute atomic E-state index is 0.0927. The summed E-state index contributed by atoms with van der Waals surface area (Å²) in [6.07, 6.45) is 1.26. The van der Waals surface area contributed by atoms with Crippen molar-refractivity contribution < 1.29 is 9.59 Å². The number of anilines is 2. The first-order chi connectivity index (χ1) is 15.0. The molecule has 0 bridgehead atoms. The molecular formula is C26H27N3O2. The average Bonchev–Trinajstić information content (AvgIpc) is 3.20. The van der Waals surface area contributed by atoms with Crippen molar-refractivity contribution in [1.82, 2.24) is 5.32 Å². The number of hydrogen-bond donors (Lipinski definition) is 2. The van der Waals surface area contributed by atoms with Crippen LogP contribution in [0.4, 0.5) is 16.2 Å². The molecule has 158 valence electrons. The van der Waals surface area contributed by atoms with Crippen LogP contribution in [0, 0.1) is 13.8 Å². The Hall–Kier alpha value is -3.60. The molecule has 2 N–H and O–H groups in total. The van der Waals surface area contributed by atoms with E-state index >= 15 is 0 Å². The van der Waals surface area contributed by atoms with E-state index < -0.39 is 6.04 Å². The Morgan fingerprint density at radius 3 is 2.52 bits per heavy atom. The molecular weight excluding hydrogens is 386 g/mol. The number of urea groups is 1. The predicted molar refractivity (Wildman–Crippen MR) is 125 cm³/mol. The van der Waals surface area contributed by atoms with Crippen LogP contribution in [-0.2, 0) is 17.6 Å². The lowest BCUT2D eigenvalue weighted by Crippen LogP contribution is -2.50. The van der Waals surface area contributed by atoms with E-state index in [0.29, 0.717) is 13.0 Å². The van der Waals surface area contributed by atoms with E-state index in [0.717, 1.165) is 40.0 Å². The summed E-state index contributed by atoms with van der Waals surface area (Å²) >= 11 is 0. The molecule has 3 aromatic carbocycles. The van der Waals surface area contributed by atoms with Crippen LogP contribution in [0.15, 0.2) is 72.8 Å². The molecule has 0 aliphatic carbocycles. The number of benzene rings is 3. The summed E-state index contributed by atoms with van der Waals surface area (Å²) in [5, 5.41) is 5.84. The normalized spacial score (nSPS) is 13.4. The van der Waals surface area contributed by atoms with Crippen molar-refractivity contribution in [2.24, 2.45) is 0 Å². The Kier molecular flexibility index (Phi) is 6.03. The van der Waals surface area contributed by atoms with Gasteiger partial charge in [-0.2, -0.15) is 0 Å². The van der Waals surface area contributed by atoms with E-state index in [1.54, 1.807) is 4.90 Å². The van der Waals surface area contributed by atoms with E-state index in [4.69, 9.17) is 0 Å². The molecule has 1 aliphatic rings. The Morgan fingerprint density at radius 2 is 1.71 bits per heavy atom. The fourth-order valence-electron chi connectivity index (χ4n) is 3.99. The Balaban J connectivity index is 1.55. The average molecular weight is 414 g/mol. The van der Waals surface area contributed by atoms with Gasteiger partial charge in [0, 0.05) is 24.3 Å². The van der Waals surface area contributed by atoms with E-state index in [-0.39, 0.29) is 11.9 Å². The van der Waals surface area contributed by atoms with Crippen molar-refractivity contribution in [3.05, 3.63) is 95.1 Å². The minimum Gasteiger partial charge on any atom is -0.326 e. The van der Waals surface area contributed by atoms with Crippen LogP contribution in [0.25, 0.3) is 0 Å². The second-order valence-corrected chi connectivity index (χ2v) is 8.03. The first-order valence-corrected chi connectivity index (χ1v) is 10.6. The number of hydrogen-bond acceptors (Lipinski definition) is 2. The fourth-order valence-corrected chi connectivity index (χ4v) is 3.99. The van der Waals surface area contributed by atoms with Crippen molar-refractivity contribution in [2.45, 2.75) is 32.7 Å². The monoisotopic (exact) mass is 413 g/mol. The second kappa shape index (κ2) is 9.04. The van der Waals surface area contributed by atoms with Crippen molar-refractivity contribution >= 4 is 23.3 Å². The summed E-state index contributed by atoms with van der Waals surface area (Å²) in [5.41, 5.74) is 5.87. The van der Waals surface area contributed by atoms with Gasteiger partial charge < -0.3 is 15.5 Å². The molecule has 5 heteroatoms. The SMILES string of the molecule is Cc1ccc(C)c(NC(=O)NC(Cc2ccccc2)C(=O)N2CCc3ccccc32)c1. The minimum atomic E-state index is -0.668. The third-order valence-electron chi connectivity index (χ3n) is 5.68. The standard InChI is InChI=1S/C26H27N3O2/c1-18-12-13-19(2)22(16-18)27-26(31)28-23(17-20-8-4-3-5-9-20)25(30)29-15-14-21-10-6-7-11-24(21)29/h3-13,16,23H,14-15,17H2,1-2H3,(H2,27,28,31). The zero-order valence-corrected chi connectivity index (χ0v) is 17.9. The summed E-state index contributed by atoms with van der Waals surface area (Å²) in [5.74, 6) is -0.0927. The number of nitrogens with zero attached hydrogens (tertiary/aromatic N) is 1. The largest absolute Gasteiger partial charge is 0.326 e. The van der Waals surface area contributed by atoms with Gasteiger partial charge in [0.25, 0.3) is 0 Å². The van der Waals surface area contributed by atoms with Crippen LogP contribution in [0.5, 0.6) is 0 Å². The van der Waals surface area contributed by atoms with Gasteiger partial charge in [0.1, 0.15) is 6.04 Å². The molecule has 1 atom stereocenters. The highest BCUT2D eigenvalue weighted by molar-refractivity contribution is 6.02. The molecule has 0 saturated heterocycles. The highest BCUT2D eigenvalue weighted by Gasteiger charge is 2.31. The first-order valence-electron chi connectivity index (χ1n) is 10.6. The Bertz CT molecular complexity index is 1090. The van der Waals surface area contributed by atoms with E-state index in [2.05, 4.69) is 16.7 Å². The van der Waals surface area contributed by atoms with Crippen LogP contribution in [0.3, 0.4) is 0 Å². The molecule has 1 unspecified atom stereocenters. The van der Waals surface area contributed by atoms with Gasteiger partial charge >= 0.3 is 6.03 Å². The smallest absolute Gasteiger partial charge is 0.319 e. The van der Waals surface area contributed by atoms with E-state index in [1.807, 2.05) is 80.6 Å². The molecule has 4 rings (SSSR count). The second-order valence-electron chi connectivity index (χ2n) is 8.03. The lowest BCUT2D eigenvalue weighted by atomic mass is 10.0. The lowest BCUT2D eigenvalue weighted by Gasteiger charge is -2.25. The van der Waals surface area contributed by atoms with Gasteiger partial charge in [-0.1, -0.05) is 60.7 Å². The Morgan fingerprint density at radius 1 is 0.968 bits per heavy atom. The quantitative estimate of drug-likeness (QED) is 0.641. The number of carbonyl (C=O) groups excluding carboxylic acids is 2. The van der Waals surface area contributed by atoms with Gasteiger partial charge in [0.15, 0.2) is 0 Å². The molecule has 3 aromatic rings. The van der Waals surface area contributed by atoms with E-state index in [1.165, 1.54) is 0 Å². The number of carbonyl (C=O) groups is 2. The third-order valence-corrected chi connectivity index (χ3v) is 5.68.